The predicted octanol–water partition coefficient (Wildman–Crippen LogP) is 2.47. The Morgan fingerprint density at radius 1 is 1.33 bits per heavy atom. The SMILES string of the molecule is Cc1cc(C(F)(F)COCC(=O)O)c(F)cc1F. The maximum atomic E-state index is 13.5. The van der Waals surface area contributed by atoms with Crippen LogP contribution in [0.4, 0.5) is 17.6 Å². The second-order valence-corrected chi connectivity index (χ2v) is 3.67. The van der Waals surface area contributed by atoms with E-state index in [4.69, 9.17) is 5.11 Å². The normalized spacial score (nSPS) is 11.6. The van der Waals surface area contributed by atoms with E-state index in [1.807, 2.05) is 0 Å². The Morgan fingerprint density at radius 3 is 2.50 bits per heavy atom. The highest BCUT2D eigenvalue weighted by Gasteiger charge is 2.35. The van der Waals surface area contributed by atoms with Gasteiger partial charge in [0.1, 0.15) is 24.8 Å². The Bertz CT molecular complexity index is 460. The van der Waals surface area contributed by atoms with E-state index in [1.165, 1.54) is 6.92 Å². The number of aryl methyl sites for hydroxylation is 1. The lowest BCUT2D eigenvalue weighted by Gasteiger charge is -2.17. The molecule has 0 saturated carbocycles. The number of benzene rings is 1. The number of carbonyl (C=O) groups is 1. The van der Waals surface area contributed by atoms with Crippen LogP contribution >= 0.6 is 0 Å². The predicted molar refractivity (Wildman–Crippen MR) is 53.4 cm³/mol. The van der Waals surface area contributed by atoms with Crippen LogP contribution < -0.4 is 0 Å². The van der Waals surface area contributed by atoms with E-state index in [9.17, 15) is 22.4 Å². The van der Waals surface area contributed by atoms with Crippen molar-refractivity contribution in [3.63, 3.8) is 0 Å². The number of ether oxygens (including phenoxy) is 1. The fourth-order valence-corrected chi connectivity index (χ4v) is 1.28. The van der Waals surface area contributed by atoms with Crippen LogP contribution in [0.2, 0.25) is 0 Å². The molecule has 1 aromatic carbocycles. The van der Waals surface area contributed by atoms with E-state index in [-0.39, 0.29) is 5.56 Å². The Labute approximate surface area is 100.0 Å². The van der Waals surface area contributed by atoms with Crippen LogP contribution in [-0.4, -0.2) is 24.3 Å². The molecule has 18 heavy (non-hydrogen) atoms. The van der Waals surface area contributed by atoms with Crippen LogP contribution in [0.1, 0.15) is 11.1 Å². The molecule has 0 amide bonds. The van der Waals surface area contributed by atoms with Crippen molar-refractivity contribution in [2.45, 2.75) is 12.8 Å². The monoisotopic (exact) mass is 266 g/mol. The van der Waals surface area contributed by atoms with Gasteiger partial charge < -0.3 is 9.84 Å². The van der Waals surface area contributed by atoms with Crippen molar-refractivity contribution >= 4 is 5.97 Å². The minimum Gasteiger partial charge on any atom is -0.480 e. The minimum atomic E-state index is -3.72. The third-order valence-corrected chi connectivity index (χ3v) is 2.15. The summed E-state index contributed by atoms with van der Waals surface area (Å²) in [5.41, 5.74) is -1.16. The molecule has 100 valence electrons. The van der Waals surface area contributed by atoms with Crippen LogP contribution in [-0.2, 0) is 15.5 Å². The zero-order valence-electron chi connectivity index (χ0n) is 9.34. The molecule has 0 aromatic heterocycles. The van der Waals surface area contributed by atoms with Gasteiger partial charge in [-0.2, -0.15) is 8.78 Å². The topological polar surface area (TPSA) is 46.5 Å². The molecular formula is C11H10F4O3. The number of carboxylic acid groups (broad SMARTS) is 1. The second-order valence-electron chi connectivity index (χ2n) is 3.67. The molecule has 7 heteroatoms. The standard InChI is InChI=1S/C11H10F4O3/c1-6-2-7(9(13)3-8(6)12)11(14,15)5-18-4-10(16)17/h2-3H,4-5H2,1H3,(H,16,17). The van der Waals surface area contributed by atoms with E-state index in [1.54, 1.807) is 0 Å². The number of rotatable bonds is 5. The van der Waals surface area contributed by atoms with Crippen molar-refractivity contribution in [3.8, 4) is 0 Å². The van der Waals surface area contributed by atoms with Gasteiger partial charge in [-0.25, -0.2) is 13.6 Å². The first kappa shape index (κ1) is 14.4. The number of hydrogen-bond acceptors (Lipinski definition) is 2. The molecular weight excluding hydrogens is 256 g/mol. The highest BCUT2D eigenvalue weighted by atomic mass is 19.3. The molecule has 0 aliphatic rings. The van der Waals surface area contributed by atoms with Crippen molar-refractivity contribution < 1.29 is 32.2 Å². The average molecular weight is 266 g/mol. The summed E-state index contributed by atoms with van der Waals surface area (Å²) >= 11 is 0. The molecule has 1 aromatic rings. The Balaban J connectivity index is 2.90. The first-order valence-electron chi connectivity index (χ1n) is 4.87. The summed E-state index contributed by atoms with van der Waals surface area (Å²) in [7, 11) is 0. The van der Waals surface area contributed by atoms with Crippen molar-refractivity contribution in [2.75, 3.05) is 13.2 Å². The molecule has 0 radical (unpaired) electrons. The fourth-order valence-electron chi connectivity index (χ4n) is 1.28. The van der Waals surface area contributed by atoms with E-state index in [0.717, 1.165) is 0 Å². The van der Waals surface area contributed by atoms with Gasteiger partial charge in [0.15, 0.2) is 0 Å². The van der Waals surface area contributed by atoms with Crippen LogP contribution in [0, 0.1) is 18.6 Å². The molecule has 0 bridgehead atoms. The Hall–Kier alpha value is -1.63. The first-order chi connectivity index (χ1) is 8.24. The Kier molecular flexibility index (Phi) is 4.28. The quantitative estimate of drug-likeness (QED) is 0.833. The van der Waals surface area contributed by atoms with Crippen LogP contribution in [0.15, 0.2) is 12.1 Å². The van der Waals surface area contributed by atoms with Gasteiger partial charge in [-0.1, -0.05) is 0 Å². The summed E-state index contributed by atoms with van der Waals surface area (Å²) in [6.07, 6.45) is 0. The summed E-state index contributed by atoms with van der Waals surface area (Å²) in [5.74, 6) is -7.47. The number of alkyl halides is 2. The van der Waals surface area contributed by atoms with Crippen molar-refractivity contribution in [1.29, 1.82) is 0 Å². The lowest BCUT2D eigenvalue weighted by Crippen LogP contribution is -2.25. The van der Waals surface area contributed by atoms with Gasteiger partial charge >= 0.3 is 5.97 Å². The second kappa shape index (κ2) is 5.34. The minimum absolute atomic E-state index is 0.135. The lowest BCUT2D eigenvalue weighted by molar-refractivity contribution is -0.147. The smallest absolute Gasteiger partial charge is 0.329 e. The van der Waals surface area contributed by atoms with Crippen LogP contribution in [0.5, 0.6) is 0 Å². The number of aliphatic carboxylic acids is 1. The molecule has 3 nitrogen and oxygen atoms in total. The maximum Gasteiger partial charge on any atom is 0.329 e. The summed E-state index contributed by atoms with van der Waals surface area (Å²) in [5, 5.41) is 8.22. The van der Waals surface area contributed by atoms with Gasteiger partial charge in [-0.15, -0.1) is 0 Å². The summed E-state index contributed by atoms with van der Waals surface area (Å²) < 4.78 is 57.4. The van der Waals surface area contributed by atoms with Crippen LogP contribution in [0.25, 0.3) is 0 Å². The number of hydrogen-bond donors (Lipinski definition) is 1. The lowest BCUT2D eigenvalue weighted by atomic mass is 10.1. The van der Waals surface area contributed by atoms with Gasteiger partial charge in [-0.3, -0.25) is 0 Å². The zero-order chi connectivity index (χ0) is 13.9. The van der Waals surface area contributed by atoms with Gasteiger partial charge in [0.2, 0.25) is 0 Å². The fraction of sp³-hybridized carbons (Fsp3) is 0.364. The molecule has 0 saturated heterocycles. The van der Waals surface area contributed by atoms with Gasteiger partial charge in [0.25, 0.3) is 5.92 Å². The van der Waals surface area contributed by atoms with E-state index < -0.39 is 42.3 Å². The third-order valence-electron chi connectivity index (χ3n) is 2.15. The van der Waals surface area contributed by atoms with Crippen molar-refractivity contribution in [3.05, 3.63) is 34.9 Å². The third kappa shape index (κ3) is 3.43. The highest BCUT2D eigenvalue weighted by Crippen LogP contribution is 2.31. The number of halogens is 4. The van der Waals surface area contributed by atoms with Gasteiger partial charge in [0.05, 0.1) is 5.56 Å². The first-order valence-corrected chi connectivity index (χ1v) is 4.87. The van der Waals surface area contributed by atoms with Crippen molar-refractivity contribution in [2.24, 2.45) is 0 Å². The average Bonchev–Trinajstić information content (AvgIpc) is 2.22. The molecule has 0 aliphatic heterocycles. The van der Waals surface area contributed by atoms with Gasteiger partial charge in [-0.05, 0) is 18.6 Å². The molecule has 0 unspecified atom stereocenters. The van der Waals surface area contributed by atoms with Gasteiger partial charge in [0, 0.05) is 6.07 Å². The number of carboxylic acids is 1. The summed E-state index contributed by atoms with van der Waals surface area (Å²) in [6.45, 7) is -0.995. The molecule has 0 spiro atoms. The van der Waals surface area contributed by atoms with E-state index in [0.29, 0.717) is 12.1 Å². The molecule has 0 heterocycles. The summed E-state index contributed by atoms with van der Waals surface area (Å²) in [6, 6.07) is 1.03. The molecule has 0 aliphatic carbocycles. The van der Waals surface area contributed by atoms with E-state index >= 15 is 0 Å². The maximum absolute atomic E-state index is 13.5. The highest BCUT2D eigenvalue weighted by molar-refractivity contribution is 5.68. The van der Waals surface area contributed by atoms with Crippen LogP contribution in [0.3, 0.4) is 0 Å². The molecule has 1 rings (SSSR count). The largest absolute Gasteiger partial charge is 0.480 e. The Morgan fingerprint density at radius 2 is 1.94 bits per heavy atom. The summed E-state index contributed by atoms with van der Waals surface area (Å²) in [4.78, 5) is 10.1. The zero-order valence-corrected chi connectivity index (χ0v) is 9.34. The van der Waals surface area contributed by atoms with E-state index in [2.05, 4.69) is 4.74 Å². The molecule has 0 atom stereocenters. The van der Waals surface area contributed by atoms with Crippen molar-refractivity contribution in [1.82, 2.24) is 0 Å². The molecule has 1 N–H and O–H groups in total. The molecule has 0 fully saturated rings.